The molecule has 26 heavy (non-hydrogen) atoms. The van der Waals surface area contributed by atoms with Crippen LogP contribution < -0.4 is 10.1 Å². The van der Waals surface area contributed by atoms with Gasteiger partial charge in [0.05, 0.1) is 12.2 Å². The molecule has 0 aliphatic carbocycles. The van der Waals surface area contributed by atoms with Crippen LogP contribution in [0.1, 0.15) is 36.2 Å². The van der Waals surface area contributed by atoms with E-state index in [0.29, 0.717) is 35.3 Å². The number of fused-ring (bicyclic) bond motifs is 5. The minimum atomic E-state index is -0.253. The van der Waals surface area contributed by atoms with Crippen molar-refractivity contribution in [3.05, 3.63) is 54.4 Å². The molecular formula is C19H19N5O2. The Hall–Kier alpha value is -3.22. The highest BCUT2D eigenvalue weighted by molar-refractivity contribution is 6.05. The zero-order valence-corrected chi connectivity index (χ0v) is 14.4. The van der Waals surface area contributed by atoms with Crippen molar-refractivity contribution in [2.45, 2.75) is 25.8 Å². The summed E-state index contributed by atoms with van der Waals surface area (Å²) in [5.41, 5.74) is 1.17. The van der Waals surface area contributed by atoms with E-state index < -0.39 is 0 Å². The van der Waals surface area contributed by atoms with Gasteiger partial charge in [-0.15, -0.1) is 10.2 Å². The number of hydrogen-bond acceptors (Lipinski definition) is 5. The Labute approximate surface area is 151 Å². The van der Waals surface area contributed by atoms with Crippen molar-refractivity contribution in [3.8, 4) is 17.3 Å². The highest BCUT2D eigenvalue weighted by atomic mass is 16.5. The monoisotopic (exact) mass is 349 g/mol. The zero-order chi connectivity index (χ0) is 17.9. The molecule has 3 aromatic rings. The van der Waals surface area contributed by atoms with E-state index in [1.165, 1.54) is 0 Å². The number of aromatic nitrogens is 4. The molecule has 0 saturated carbocycles. The van der Waals surface area contributed by atoms with Gasteiger partial charge in [-0.25, -0.2) is 4.98 Å². The second kappa shape index (κ2) is 6.95. The molecular weight excluding hydrogens is 330 g/mol. The van der Waals surface area contributed by atoms with Crippen LogP contribution in [0.15, 0.2) is 48.8 Å². The maximum Gasteiger partial charge on any atom is 0.260 e. The van der Waals surface area contributed by atoms with Crippen LogP contribution in [-0.4, -0.2) is 32.3 Å². The number of rotatable bonds is 0. The third kappa shape index (κ3) is 3.15. The maximum absolute atomic E-state index is 12.7. The summed E-state index contributed by atoms with van der Waals surface area (Å²) in [5, 5.41) is 11.1. The summed E-state index contributed by atoms with van der Waals surface area (Å²) in [4.78, 5) is 17.2. The lowest BCUT2D eigenvalue weighted by atomic mass is 10.1. The summed E-state index contributed by atoms with van der Waals surface area (Å²) in [5.74, 6) is 1.47. The number of para-hydroxylation sites is 1. The Morgan fingerprint density at radius 1 is 1.19 bits per heavy atom. The molecule has 1 N–H and O–H groups in total. The molecule has 0 radical (unpaired) electrons. The fourth-order valence-corrected chi connectivity index (χ4v) is 3.04. The molecule has 2 bridgehead atoms. The molecule has 7 heteroatoms. The molecule has 1 aliphatic rings. The molecule has 7 nitrogen and oxygen atoms in total. The van der Waals surface area contributed by atoms with Gasteiger partial charge in [-0.3, -0.25) is 4.79 Å². The molecule has 1 aromatic carbocycles. The van der Waals surface area contributed by atoms with E-state index >= 15 is 0 Å². The first-order valence-electron chi connectivity index (χ1n) is 8.62. The Morgan fingerprint density at radius 2 is 2.08 bits per heavy atom. The third-order valence-corrected chi connectivity index (χ3v) is 4.42. The molecule has 1 aliphatic heterocycles. The van der Waals surface area contributed by atoms with E-state index in [1.807, 2.05) is 34.9 Å². The van der Waals surface area contributed by atoms with Crippen LogP contribution in [0.3, 0.4) is 0 Å². The number of amides is 1. The van der Waals surface area contributed by atoms with Gasteiger partial charge in [0, 0.05) is 6.04 Å². The number of ether oxygens (including phenoxy) is 1. The number of carbonyl (C=O) groups is 1. The fourth-order valence-electron chi connectivity index (χ4n) is 3.04. The average Bonchev–Trinajstić information content (AvgIpc) is 3.15. The van der Waals surface area contributed by atoms with Crippen LogP contribution in [0, 0.1) is 0 Å². The number of pyridine rings is 1. The van der Waals surface area contributed by atoms with E-state index in [9.17, 15) is 4.79 Å². The maximum atomic E-state index is 12.7. The lowest BCUT2D eigenvalue weighted by Crippen LogP contribution is -2.16. The quantitative estimate of drug-likeness (QED) is 0.673. The summed E-state index contributed by atoms with van der Waals surface area (Å²) in [6.07, 6.45) is 3.47. The Balaban J connectivity index is 1.76. The van der Waals surface area contributed by atoms with Crippen LogP contribution in [0.2, 0.25) is 0 Å². The van der Waals surface area contributed by atoms with Gasteiger partial charge in [-0.1, -0.05) is 18.2 Å². The predicted octanol–water partition coefficient (Wildman–Crippen LogP) is 3.33. The Kier molecular flexibility index (Phi) is 4.35. The van der Waals surface area contributed by atoms with E-state index in [0.717, 1.165) is 12.8 Å². The topological polar surface area (TPSA) is 81.9 Å². The first kappa shape index (κ1) is 16.3. The molecule has 4 rings (SSSR count). The normalized spacial score (nSPS) is 17.3. The Morgan fingerprint density at radius 3 is 3.00 bits per heavy atom. The van der Waals surface area contributed by atoms with E-state index in [2.05, 4.69) is 27.4 Å². The third-order valence-electron chi connectivity index (χ3n) is 4.42. The lowest BCUT2D eigenvalue weighted by molar-refractivity contribution is 0.102. The fraction of sp³-hybridized carbons (Fsp3) is 0.263. The first-order valence-corrected chi connectivity index (χ1v) is 8.62. The van der Waals surface area contributed by atoms with Gasteiger partial charge >= 0.3 is 0 Å². The van der Waals surface area contributed by atoms with Crippen molar-refractivity contribution in [1.82, 2.24) is 19.7 Å². The summed E-state index contributed by atoms with van der Waals surface area (Å²) in [7, 11) is 0. The molecule has 1 atom stereocenters. The van der Waals surface area contributed by atoms with Crippen molar-refractivity contribution in [3.63, 3.8) is 0 Å². The Bertz CT molecular complexity index is 937. The first-order chi connectivity index (χ1) is 12.7. The number of nitrogens with zero attached hydrogens (tertiary/aromatic N) is 4. The number of benzene rings is 1. The molecule has 2 aromatic heterocycles. The van der Waals surface area contributed by atoms with Gasteiger partial charge in [0.1, 0.15) is 23.6 Å². The second-order valence-corrected chi connectivity index (χ2v) is 6.26. The second-order valence-electron chi connectivity index (χ2n) is 6.26. The van der Waals surface area contributed by atoms with Gasteiger partial charge in [-0.2, -0.15) is 0 Å². The average molecular weight is 349 g/mol. The van der Waals surface area contributed by atoms with Gasteiger partial charge < -0.3 is 14.6 Å². The van der Waals surface area contributed by atoms with Crippen LogP contribution in [-0.2, 0) is 0 Å². The molecule has 1 amide bonds. The number of hydrogen-bond donors (Lipinski definition) is 1. The van der Waals surface area contributed by atoms with Crippen molar-refractivity contribution in [2.75, 3.05) is 11.9 Å². The van der Waals surface area contributed by atoms with Gasteiger partial charge in [0.2, 0.25) is 0 Å². The predicted molar refractivity (Wildman–Crippen MR) is 97.1 cm³/mol. The minimum Gasteiger partial charge on any atom is -0.493 e. The zero-order valence-electron chi connectivity index (χ0n) is 14.4. The summed E-state index contributed by atoms with van der Waals surface area (Å²) < 4.78 is 7.86. The molecule has 0 spiro atoms. The summed E-state index contributed by atoms with van der Waals surface area (Å²) in [6, 6.07) is 12.9. The number of carbonyl (C=O) groups excluding carboxylic acids is 1. The van der Waals surface area contributed by atoms with E-state index in [-0.39, 0.29) is 11.9 Å². The lowest BCUT2D eigenvalue weighted by Gasteiger charge is -2.17. The van der Waals surface area contributed by atoms with Crippen LogP contribution in [0.5, 0.6) is 5.75 Å². The summed E-state index contributed by atoms with van der Waals surface area (Å²) >= 11 is 0. The highest BCUT2D eigenvalue weighted by Crippen LogP contribution is 2.25. The van der Waals surface area contributed by atoms with Crippen LogP contribution in [0.25, 0.3) is 11.5 Å². The van der Waals surface area contributed by atoms with Gasteiger partial charge in [-0.05, 0) is 44.0 Å². The molecule has 3 heterocycles. The smallest absolute Gasteiger partial charge is 0.260 e. The SMILES string of the molecule is C[C@@H]1CCCOc2ccccc2C(=O)Nc2cccc(n2)-c2nncn21. The van der Waals surface area contributed by atoms with Crippen LogP contribution in [0.4, 0.5) is 5.82 Å². The van der Waals surface area contributed by atoms with Crippen molar-refractivity contribution in [2.24, 2.45) is 0 Å². The van der Waals surface area contributed by atoms with Gasteiger partial charge in [0.25, 0.3) is 5.91 Å². The van der Waals surface area contributed by atoms with Crippen LogP contribution >= 0.6 is 0 Å². The summed E-state index contributed by atoms with van der Waals surface area (Å²) in [6.45, 7) is 2.66. The number of anilines is 1. The minimum absolute atomic E-state index is 0.210. The van der Waals surface area contributed by atoms with Crippen molar-refractivity contribution >= 4 is 11.7 Å². The van der Waals surface area contributed by atoms with Crippen molar-refractivity contribution < 1.29 is 9.53 Å². The number of nitrogens with one attached hydrogen (secondary N) is 1. The molecule has 0 fully saturated rings. The van der Waals surface area contributed by atoms with E-state index in [1.54, 1.807) is 18.5 Å². The van der Waals surface area contributed by atoms with Gasteiger partial charge in [0.15, 0.2) is 5.82 Å². The highest BCUT2D eigenvalue weighted by Gasteiger charge is 2.17. The van der Waals surface area contributed by atoms with E-state index in [4.69, 9.17) is 4.74 Å². The van der Waals surface area contributed by atoms with Crippen molar-refractivity contribution in [1.29, 1.82) is 0 Å². The molecule has 0 unspecified atom stereocenters. The standard InChI is InChI=1S/C19H19N5O2/c1-13-6-5-11-26-16-9-3-2-7-14(16)19(25)22-17-10-4-8-15(21-17)18-23-20-12-24(13)18/h2-4,7-10,12-13H,5-6,11H2,1H3,(H,21,22,25)/t13-/m1/s1. The largest absolute Gasteiger partial charge is 0.493 e. The molecule has 0 saturated heterocycles. The molecule has 132 valence electrons.